The maximum atomic E-state index is 12.8. The second-order valence-corrected chi connectivity index (χ2v) is 9.40. The highest BCUT2D eigenvalue weighted by Gasteiger charge is 2.32. The van der Waals surface area contributed by atoms with Crippen LogP contribution in [0.5, 0.6) is 0 Å². The van der Waals surface area contributed by atoms with Gasteiger partial charge in [-0.1, -0.05) is 18.2 Å². The van der Waals surface area contributed by atoms with E-state index in [0.29, 0.717) is 31.7 Å². The zero-order valence-corrected chi connectivity index (χ0v) is 19.2. The molecule has 1 aliphatic carbocycles. The molecule has 7 nitrogen and oxygen atoms in total. The van der Waals surface area contributed by atoms with Crippen molar-refractivity contribution in [2.24, 2.45) is 5.92 Å². The minimum atomic E-state index is 0.0820. The Morgan fingerprint density at radius 1 is 1.12 bits per heavy atom. The summed E-state index contributed by atoms with van der Waals surface area (Å²) in [6.45, 7) is 3.93. The molecule has 2 amide bonds. The fraction of sp³-hybridized carbons (Fsp3) is 0.500. The minimum absolute atomic E-state index is 0.0820. The number of allylic oxidation sites excluding steroid dienone is 2. The summed E-state index contributed by atoms with van der Waals surface area (Å²) in [5.74, 6) is 2.50. The smallest absolute Gasteiger partial charge is 0.228 e. The maximum Gasteiger partial charge on any atom is 0.228 e. The van der Waals surface area contributed by atoms with E-state index in [1.54, 1.807) is 11.1 Å². The predicted molar refractivity (Wildman–Crippen MR) is 126 cm³/mol. The quantitative estimate of drug-likeness (QED) is 0.656. The van der Waals surface area contributed by atoms with Crippen molar-refractivity contribution < 1.29 is 9.59 Å². The molecule has 7 heteroatoms. The summed E-state index contributed by atoms with van der Waals surface area (Å²) >= 11 is 0. The topological polar surface area (TPSA) is 79.3 Å². The van der Waals surface area contributed by atoms with Gasteiger partial charge in [-0.25, -0.2) is 9.97 Å². The molecule has 2 aliphatic heterocycles. The molecule has 0 bridgehead atoms. The van der Waals surface area contributed by atoms with Gasteiger partial charge in [-0.05, 0) is 57.1 Å². The Kier molecular flexibility index (Phi) is 6.20. The number of likely N-dealkylation sites (tertiary alicyclic amines) is 1. The van der Waals surface area contributed by atoms with Crippen LogP contribution in [-0.4, -0.2) is 44.8 Å². The van der Waals surface area contributed by atoms with Crippen molar-refractivity contribution in [1.29, 1.82) is 0 Å². The van der Waals surface area contributed by atoms with E-state index in [2.05, 4.69) is 17.1 Å². The van der Waals surface area contributed by atoms with E-state index in [-0.39, 0.29) is 17.7 Å². The van der Waals surface area contributed by atoms with Crippen molar-refractivity contribution in [2.75, 3.05) is 18.0 Å². The molecule has 0 unspecified atom stereocenters. The van der Waals surface area contributed by atoms with E-state index in [0.717, 1.165) is 67.4 Å². The Morgan fingerprint density at radius 2 is 1.97 bits per heavy atom. The third-order valence-electron chi connectivity index (χ3n) is 7.16. The summed E-state index contributed by atoms with van der Waals surface area (Å²) in [7, 11) is 0. The van der Waals surface area contributed by atoms with Crippen LogP contribution in [0, 0.1) is 12.8 Å². The number of rotatable bonds is 5. The molecule has 172 valence electrons. The summed E-state index contributed by atoms with van der Waals surface area (Å²) in [5.41, 5.74) is 2.87. The molecule has 1 saturated heterocycles. The molecule has 0 aromatic carbocycles. The first kappa shape index (κ1) is 21.7. The number of aromatic nitrogens is 3. The number of amides is 2. The SMILES string of the molecule is Cc1nc(C2CCN(C(=O)C[C@@H]3C=CCC3)CC2)nc2c1CCC(=O)N2Cc1ccccn1. The minimum Gasteiger partial charge on any atom is -0.343 e. The van der Waals surface area contributed by atoms with Crippen molar-refractivity contribution in [3.8, 4) is 0 Å². The Labute approximate surface area is 194 Å². The standard InChI is InChI=1S/C26H31N5O2/c1-18-22-9-10-23(32)31(17-21-8-4-5-13-27-21)26(22)29-25(28-18)20-11-14-30(15-12-20)24(33)16-19-6-2-3-7-19/h2,4-6,8,13,19-20H,3,7,9-12,14-17H2,1H3/t19-/m1/s1. The van der Waals surface area contributed by atoms with Crippen LogP contribution in [0.25, 0.3) is 0 Å². The Hall–Kier alpha value is -3.09. The number of fused-ring (bicyclic) bond motifs is 1. The Balaban J connectivity index is 1.31. The second kappa shape index (κ2) is 9.41. The van der Waals surface area contributed by atoms with E-state index in [1.165, 1.54) is 0 Å². The molecule has 5 rings (SSSR count). The van der Waals surface area contributed by atoms with Crippen LogP contribution >= 0.6 is 0 Å². The van der Waals surface area contributed by atoms with E-state index in [1.807, 2.05) is 30.0 Å². The van der Waals surface area contributed by atoms with Gasteiger partial charge in [0.15, 0.2) is 0 Å². The van der Waals surface area contributed by atoms with Gasteiger partial charge in [-0.3, -0.25) is 19.5 Å². The van der Waals surface area contributed by atoms with Gasteiger partial charge in [0.05, 0.1) is 12.2 Å². The van der Waals surface area contributed by atoms with E-state index < -0.39 is 0 Å². The number of hydrogen-bond donors (Lipinski definition) is 0. The lowest BCUT2D eigenvalue weighted by molar-refractivity contribution is -0.133. The van der Waals surface area contributed by atoms with Gasteiger partial charge in [0.2, 0.25) is 11.8 Å². The van der Waals surface area contributed by atoms with Crippen molar-refractivity contribution >= 4 is 17.6 Å². The molecule has 4 heterocycles. The van der Waals surface area contributed by atoms with Crippen LogP contribution in [0.15, 0.2) is 36.5 Å². The molecule has 33 heavy (non-hydrogen) atoms. The third kappa shape index (κ3) is 4.68. The molecule has 0 spiro atoms. The lowest BCUT2D eigenvalue weighted by Gasteiger charge is -2.33. The first-order valence-corrected chi connectivity index (χ1v) is 12.1. The Bertz CT molecular complexity index is 1060. The van der Waals surface area contributed by atoms with Gasteiger partial charge in [-0.2, -0.15) is 0 Å². The number of nitrogens with zero attached hydrogens (tertiary/aromatic N) is 5. The highest BCUT2D eigenvalue weighted by Crippen LogP contribution is 2.33. The third-order valence-corrected chi connectivity index (χ3v) is 7.16. The molecule has 0 saturated carbocycles. The van der Waals surface area contributed by atoms with Crippen LogP contribution in [-0.2, 0) is 22.6 Å². The molecule has 3 aliphatic rings. The number of anilines is 1. The van der Waals surface area contributed by atoms with Gasteiger partial charge in [0.25, 0.3) is 0 Å². The van der Waals surface area contributed by atoms with Crippen LogP contribution in [0.4, 0.5) is 5.82 Å². The van der Waals surface area contributed by atoms with E-state index in [9.17, 15) is 9.59 Å². The molecule has 0 radical (unpaired) electrons. The van der Waals surface area contributed by atoms with E-state index in [4.69, 9.17) is 9.97 Å². The van der Waals surface area contributed by atoms with Crippen LogP contribution in [0.1, 0.15) is 67.2 Å². The van der Waals surface area contributed by atoms with Gasteiger partial charge in [0.1, 0.15) is 11.6 Å². The number of hydrogen-bond acceptors (Lipinski definition) is 5. The molecule has 1 fully saturated rings. The zero-order chi connectivity index (χ0) is 22.8. The number of aryl methyl sites for hydroxylation is 1. The van der Waals surface area contributed by atoms with Crippen LogP contribution in [0.3, 0.4) is 0 Å². The summed E-state index contributed by atoms with van der Waals surface area (Å²) in [4.78, 5) is 43.5. The molecule has 2 aromatic heterocycles. The van der Waals surface area contributed by atoms with Gasteiger partial charge in [0, 0.05) is 49.3 Å². The van der Waals surface area contributed by atoms with Gasteiger partial charge in [-0.15, -0.1) is 0 Å². The second-order valence-electron chi connectivity index (χ2n) is 9.40. The lowest BCUT2D eigenvalue weighted by atomic mass is 9.94. The predicted octanol–water partition coefficient (Wildman–Crippen LogP) is 3.72. The molecule has 1 atom stereocenters. The largest absolute Gasteiger partial charge is 0.343 e. The lowest BCUT2D eigenvalue weighted by Crippen LogP contribution is -2.39. The van der Waals surface area contributed by atoms with Crippen LogP contribution < -0.4 is 4.90 Å². The summed E-state index contributed by atoms with van der Waals surface area (Å²) in [5, 5.41) is 0. The van der Waals surface area contributed by atoms with Gasteiger partial charge >= 0.3 is 0 Å². The summed E-state index contributed by atoms with van der Waals surface area (Å²) < 4.78 is 0. The van der Waals surface area contributed by atoms with Crippen molar-refractivity contribution in [3.63, 3.8) is 0 Å². The fourth-order valence-corrected chi connectivity index (χ4v) is 5.21. The Morgan fingerprint density at radius 3 is 2.70 bits per heavy atom. The maximum absolute atomic E-state index is 12.8. The van der Waals surface area contributed by atoms with Crippen molar-refractivity contribution in [2.45, 2.75) is 64.3 Å². The zero-order valence-electron chi connectivity index (χ0n) is 19.2. The number of pyridine rings is 1. The number of piperidine rings is 1. The first-order valence-electron chi connectivity index (χ1n) is 12.1. The first-order chi connectivity index (χ1) is 16.1. The highest BCUT2D eigenvalue weighted by atomic mass is 16.2. The highest BCUT2D eigenvalue weighted by molar-refractivity contribution is 5.95. The summed E-state index contributed by atoms with van der Waals surface area (Å²) in [6.07, 6.45) is 11.8. The van der Waals surface area contributed by atoms with Crippen molar-refractivity contribution in [1.82, 2.24) is 19.9 Å². The average Bonchev–Trinajstić information content (AvgIpc) is 3.34. The number of carbonyl (C=O) groups is 2. The van der Waals surface area contributed by atoms with E-state index >= 15 is 0 Å². The van der Waals surface area contributed by atoms with Crippen LogP contribution in [0.2, 0.25) is 0 Å². The summed E-state index contributed by atoms with van der Waals surface area (Å²) in [6, 6.07) is 5.75. The fourth-order valence-electron chi connectivity index (χ4n) is 5.21. The molecule has 2 aromatic rings. The van der Waals surface area contributed by atoms with Gasteiger partial charge < -0.3 is 4.90 Å². The van der Waals surface area contributed by atoms with Crippen molar-refractivity contribution in [3.05, 3.63) is 59.3 Å². The molecular formula is C26H31N5O2. The molecular weight excluding hydrogens is 414 g/mol. The molecule has 0 N–H and O–H groups in total. The number of carbonyl (C=O) groups excluding carboxylic acids is 2. The monoisotopic (exact) mass is 445 g/mol. The average molecular weight is 446 g/mol. The normalized spacial score (nSPS) is 20.9.